The molecule has 0 spiro atoms. The molecule has 0 saturated carbocycles. The molecule has 5 nitrogen and oxygen atoms in total. The first-order valence-corrected chi connectivity index (χ1v) is 6.65. The van der Waals surface area contributed by atoms with Gasteiger partial charge in [0.05, 0.1) is 5.41 Å². The molecule has 1 saturated heterocycles. The van der Waals surface area contributed by atoms with Crippen LogP contribution in [0.15, 0.2) is 0 Å². The van der Waals surface area contributed by atoms with Crippen molar-refractivity contribution in [1.82, 2.24) is 10.2 Å². The maximum absolute atomic E-state index is 12.0. The standard InChI is InChI=1S/C13H24N2O3/c1-4-13(3,11(16)17)9-14-12(18)15-7-5-6-10(2)8-15/h10H,4-9H2,1-3H3,(H,14,18)(H,16,17). The molecule has 18 heavy (non-hydrogen) atoms. The monoisotopic (exact) mass is 256 g/mol. The van der Waals surface area contributed by atoms with Crippen LogP contribution in [0.5, 0.6) is 0 Å². The number of hydrogen-bond acceptors (Lipinski definition) is 2. The quantitative estimate of drug-likeness (QED) is 0.807. The number of carboxylic acid groups (broad SMARTS) is 1. The first kappa shape index (κ1) is 14.8. The van der Waals surface area contributed by atoms with E-state index >= 15 is 0 Å². The second-order valence-corrected chi connectivity index (χ2v) is 5.57. The molecule has 0 bridgehead atoms. The Balaban J connectivity index is 2.47. The number of nitrogens with zero attached hydrogens (tertiary/aromatic N) is 1. The van der Waals surface area contributed by atoms with Gasteiger partial charge in [-0.15, -0.1) is 0 Å². The summed E-state index contributed by atoms with van der Waals surface area (Å²) in [6.07, 6.45) is 2.68. The van der Waals surface area contributed by atoms with Gasteiger partial charge in [0.15, 0.2) is 0 Å². The fraction of sp³-hybridized carbons (Fsp3) is 0.846. The van der Waals surface area contributed by atoms with E-state index in [-0.39, 0.29) is 12.6 Å². The molecular formula is C13H24N2O3. The lowest BCUT2D eigenvalue weighted by Crippen LogP contribution is -2.49. The SMILES string of the molecule is CCC(C)(CNC(=O)N1CCCC(C)C1)C(=O)O. The van der Waals surface area contributed by atoms with Crippen LogP contribution in [-0.4, -0.2) is 41.6 Å². The number of urea groups is 1. The smallest absolute Gasteiger partial charge is 0.317 e. The van der Waals surface area contributed by atoms with E-state index in [1.165, 1.54) is 0 Å². The van der Waals surface area contributed by atoms with Gasteiger partial charge in [-0.05, 0) is 32.1 Å². The molecule has 1 aliphatic rings. The number of carboxylic acids is 1. The van der Waals surface area contributed by atoms with Crippen LogP contribution in [0.4, 0.5) is 4.79 Å². The Morgan fingerprint density at radius 1 is 1.50 bits per heavy atom. The molecule has 0 aromatic carbocycles. The fourth-order valence-corrected chi connectivity index (χ4v) is 2.11. The molecule has 5 heteroatoms. The van der Waals surface area contributed by atoms with Gasteiger partial charge in [-0.2, -0.15) is 0 Å². The predicted octanol–water partition coefficient (Wildman–Crippen LogP) is 1.93. The third-order valence-electron chi connectivity index (χ3n) is 3.87. The van der Waals surface area contributed by atoms with Crippen molar-refractivity contribution in [3.8, 4) is 0 Å². The summed E-state index contributed by atoms with van der Waals surface area (Å²) in [5.74, 6) is -0.334. The fourth-order valence-electron chi connectivity index (χ4n) is 2.11. The third-order valence-corrected chi connectivity index (χ3v) is 3.87. The normalized spacial score (nSPS) is 23.3. The predicted molar refractivity (Wildman–Crippen MR) is 69.4 cm³/mol. The van der Waals surface area contributed by atoms with Gasteiger partial charge < -0.3 is 15.3 Å². The van der Waals surface area contributed by atoms with Crippen LogP contribution in [0.25, 0.3) is 0 Å². The Morgan fingerprint density at radius 2 is 2.17 bits per heavy atom. The molecule has 1 heterocycles. The van der Waals surface area contributed by atoms with E-state index < -0.39 is 11.4 Å². The Hall–Kier alpha value is -1.26. The number of carbonyl (C=O) groups is 2. The van der Waals surface area contributed by atoms with Crippen molar-refractivity contribution in [3.63, 3.8) is 0 Å². The zero-order chi connectivity index (χ0) is 13.8. The van der Waals surface area contributed by atoms with Crippen molar-refractivity contribution < 1.29 is 14.7 Å². The Kier molecular flexibility index (Phi) is 4.99. The summed E-state index contributed by atoms with van der Waals surface area (Å²) in [4.78, 5) is 24.9. The number of piperidine rings is 1. The average molecular weight is 256 g/mol. The van der Waals surface area contributed by atoms with Gasteiger partial charge in [-0.1, -0.05) is 13.8 Å². The van der Waals surface area contributed by atoms with E-state index in [9.17, 15) is 9.59 Å². The van der Waals surface area contributed by atoms with Crippen LogP contribution in [0.1, 0.15) is 40.0 Å². The van der Waals surface area contributed by atoms with Gasteiger partial charge in [0, 0.05) is 19.6 Å². The second kappa shape index (κ2) is 6.07. The first-order chi connectivity index (χ1) is 8.39. The zero-order valence-corrected chi connectivity index (χ0v) is 11.5. The second-order valence-electron chi connectivity index (χ2n) is 5.57. The number of nitrogens with one attached hydrogen (secondary N) is 1. The molecule has 104 valence electrons. The van der Waals surface area contributed by atoms with E-state index in [0.717, 1.165) is 25.9 Å². The number of carbonyl (C=O) groups excluding carboxylic acids is 1. The van der Waals surface area contributed by atoms with Crippen molar-refractivity contribution in [3.05, 3.63) is 0 Å². The van der Waals surface area contributed by atoms with Crippen molar-refractivity contribution in [2.45, 2.75) is 40.0 Å². The summed E-state index contributed by atoms with van der Waals surface area (Å²) in [6, 6.07) is -0.137. The molecule has 2 N–H and O–H groups in total. The highest BCUT2D eigenvalue weighted by Gasteiger charge is 2.32. The summed E-state index contributed by atoms with van der Waals surface area (Å²) >= 11 is 0. The van der Waals surface area contributed by atoms with E-state index in [0.29, 0.717) is 12.3 Å². The summed E-state index contributed by atoms with van der Waals surface area (Å²) in [5.41, 5.74) is -0.878. The Morgan fingerprint density at radius 3 is 2.67 bits per heavy atom. The highest BCUT2D eigenvalue weighted by Crippen LogP contribution is 2.20. The van der Waals surface area contributed by atoms with Crippen LogP contribution in [0, 0.1) is 11.3 Å². The van der Waals surface area contributed by atoms with Crippen molar-refractivity contribution in [2.75, 3.05) is 19.6 Å². The van der Waals surface area contributed by atoms with E-state index in [4.69, 9.17) is 5.11 Å². The zero-order valence-electron chi connectivity index (χ0n) is 11.5. The van der Waals surface area contributed by atoms with Gasteiger partial charge in [-0.25, -0.2) is 4.79 Å². The van der Waals surface area contributed by atoms with Crippen LogP contribution in [-0.2, 0) is 4.79 Å². The molecule has 0 aliphatic carbocycles. The highest BCUT2D eigenvalue weighted by molar-refractivity contribution is 5.77. The molecule has 0 radical (unpaired) electrons. The number of hydrogen-bond donors (Lipinski definition) is 2. The number of rotatable bonds is 4. The number of aliphatic carboxylic acids is 1. The van der Waals surface area contributed by atoms with Crippen molar-refractivity contribution in [1.29, 1.82) is 0 Å². The molecule has 2 unspecified atom stereocenters. The van der Waals surface area contributed by atoms with Crippen LogP contribution < -0.4 is 5.32 Å². The lowest BCUT2D eigenvalue weighted by atomic mass is 9.88. The Bertz CT molecular complexity index is 319. The molecule has 1 aliphatic heterocycles. The molecular weight excluding hydrogens is 232 g/mol. The topological polar surface area (TPSA) is 69.6 Å². The van der Waals surface area contributed by atoms with Crippen molar-refractivity contribution >= 4 is 12.0 Å². The van der Waals surface area contributed by atoms with Gasteiger partial charge in [0.25, 0.3) is 0 Å². The van der Waals surface area contributed by atoms with E-state index in [1.807, 2.05) is 6.92 Å². The van der Waals surface area contributed by atoms with Gasteiger partial charge in [0.2, 0.25) is 0 Å². The Labute approximate surface area is 109 Å². The summed E-state index contributed by atoms with van der Waals surface area (Å²) in [7, 11) is 0. The number of amides is 2. The van der Waals surface area contributed by atoms with Crippen LogP contribution in [0.3, 0.4) is 0 Å². The molecule has 1 rings (SSSR count). The lowest BCUT2D eigenvalue weighted by molar-refractivity contribution is -0.147. The lowest BCUT2D eigenvalue weighted by Gasteiger charge is -2.32. The van der Waals surface area contributed by atoms with E-state index in [1.54, 1.807) is 11.8 Å². The minimum Gasteiger partial charge on any atom is -0.481 e. The van der Waals surface area contributed by atoms with Crippen LogP contribution >= 0.6 is 0 Å². The molecule has 1 fully saturated rings. The minimum absolute atomic E-state index is 0.137. The van der Waals surface area contributed by atoms with Crippen molar-refractivity contribution in [2.24, 2.45) is 11.3 Å². The summed E-state index contributed by atoms with van der Waals surface area (Å²) < 4.78 is 0. The van der Waals surface area contributed by atoms with E-state index in [2.05, 4.69) is 12.2 Å². The molecule has 2 atom stereocenters. The van der Waals surface area contributed by atoms with Gasteiger partial charge in [-0.3, -0.25) is 4.79 Å². The van der Waals surface area contributed by atoms with Gasteiger partial charge >= 0.3 is 12.0 Å². The molecule has 0 aromatic heterocycles. The maximum Gasteiger partial charge on any atom is 0.317 e. The highest BCUT2D eigenvalue weighted by atomic mass is 16.4. The number of likely N-dealkylation sites (tertiary alicyclic amines) is 1. The molecule has 0 aromatic rings. The molecule has 2 amide bonds. The summed E-state index contributed by atoms with van der Waals surface area (Å²) in [6.45, 7) is 7.33. The first-order valence-electron chi connectivity index (χ1n) is 6.65. The van der Waals surface area contributed by atoms with Crippen LogP contribution in [0.2, 0.25) is 0 Å². The third kappa shape index (κ3) is 3.62. The van der Waals surface area contributed by atoms with Gasteiger partial charge in [0.1, 0.15) is 0 Å². The maximum atomic E-state index is 12.0. The minimum atomic E-state index is -0.878. The summed E-state index contributed by atoms with van der Waals surface area (Å²) in [5, 5.41) is 11.9. The average Bonchev–Trinajstić information content (AvgIpc) is 2.35. The largest absolute Gasteiger partial charge is 0.481 e.